The summed E-state index contributed by atoms with van der Waals surface area (Å²) in [7, 11) is 0. The summed E-state index contributed by atoms with van der Waals surface area (Å²) < 4.78 is 20.2. The molecule has 4 aromatic rings. The number of hydrogen-bond acceptors (Lipinski definition) is 4. The van der Waals surface area contributed by atoms with Gasteiger partial charge in [0.1, 0.15) is 18.1 Å². The summed E-state index contributed by atoms with van der Waals surface area (Å²) in [5, 5.41) is 6.95. The van der Waals surface area contributed by atoms with E-state index in [0.717, 1.165) is 5.56 Å². The Morgan fingerprint density at radius 2 is 1.86 bits per heavy atom. The number of benzene rings is 2. The van der Waals surface area contributed by atoms with Crippen LogP contribution in [0.5, 0.6) is 0 Å². The molecule has 0 saturated heterocycles. The molecule has 2 heterocycles. The standard InChI is InChI=1S/C22H19FN4O2/c1-15(16-6-3-2-4-7-16)24-20(28)14-27-13-5-8-19(27)22-25-21(26-29-22)17-9-11-18(23)12-10-17/h2-13,15H,14H2,1H3,(H,24,28)/t15-/m1/s1. The molecule has 0 bridgehead atoms. The summed E-state index contributed by atoms with van der Waals surface area (Å²) >= 11 is 0. The van der Waals surface area contributed by atoms with Crippen molar-refractivity contribution in [1.82, 2.24) is 20.0 Å². The Kier molecular flexibility index (Phi) is 5.20. The van der Waals surface area contributed by atoms with Gasteiger partial charge in [-0.3, -0.25) is 4.79 Å². The number of carbonyl (C=O) groups is 1. The van der Waals surface area contributed by atoms with Crippen molar-refractivity contribution in [2.45, 2.75) is 19.5 Å². The van der Waals surface area contributed by atoms with Gasteiger partial charge in [-0.15, -0.1) is 0 Å². The number of carbonyl (C=O) groups excluding carboxylic acids is 1. The first kappa shape index (κ1) is 18.6. The summed E-state index contributed by atoms with van der Waals surface area (Å²) in [4.78, 5) is 16.9. The number of halogens is 1. The van der Waals surface area contributed by atoms with Crippen LogP contribution >= 0.6 is 0 Å². The molecule has 7 heteroatoms. The van der Waals surface area contributed by atoms with Crippen LogP contribution in [0.1, 0.15) is 18.5 Å². The van der Waals surface area contributed by atoms with Gasteiger partial charge in [-0.2, -0.15) is 4.98 Å². The van der Waals surface area contributed by atoms with Crippen LogP contribution in [0.15, 0.2) is 77.4 Å². The van der Waals surface area contributed by atoms with E-state index >= 15 is 0 Å². The van der Waals surface area contributed by atoms with Crippen molar-refractivity contribution in [2.24, 2.45) is 0 Å². The molecular weight excluding hydrogens is 371 g/mol. The Morgan fingerprint density at radius 1 is 1.10 bits per heavy atom. The average molecular weight is 390 g/mol. The molecule has 6 nitrogen and oxygen atoms in total. The Morgan fingerprint density at radius 3 is 2.62 bits per heavy atom. The predicted octanol–water partition coefficient (Wildman–Crippen LogP) is 4.22. The topological polar surface area (TPSA) is 73.0 Å². The largest absolute Gasteiger partial charge is 0.348 e. The smallest absolute Gasteiger partial charge is 0.274 e. The van der Waals surface area contributed by atoms with Crippen molar-refractivity contribution < 1.29 is 13.7 Å². The van der Waals surface area contributed by atoms with Gasteiger partial charge in [-0.05, 0) is 48.9 Å². The number of aromatic nitrogens is 3. The fourth-order valence-electron chi connectivity index (χ4n) is 3.06. The van der Waals surface area contributed by atoms with Crippen LogP contribution in [0, 0.1) is 5.82 Å². The van der Waals surface area contributed by atoms with Gasteiger partial charge in [0, 0.05) is 11.8 Å². The molecule has 0 unspecified atom stereocenters. The monoisotopic (exact) mass is 390 g/mol. The molecule has 1 N–H and O–H groups in total. The number of hydrogen-bond donors (Lipinski definition) is 1. The van der Waals surface area contributed by atoms with Gasteiger partial charge in [0.05, 0.1) is 6.04 Å². The van der Waals surface area contributed by atoms with E-state index in [9.17, 15) is 9.18 Å². The quantitative estimate of drug-likeness (QED) is 0.535. The molecule has 4 rings (SSSR count). The van der Waals surface area contributed by atoms with E-state index < -0.39 is 0 Å². The Hall–Kier alpha value is -3.74. The summed E-state index contributed by atoms with van der Waals surface area (Å²) in [5.74, 6) is 0.187. The average Bonchev–Trinajstić information content (AvgIpc) is 3.38. The van der Waals surface area contributed by atoms with Crippen LogP contribution in [0.2, 0.25) is 0 Å². The molecule has 2 aromatic heterocycles. The van der Waals surface area contributed by atoms with Crippen molar-refractivity contribution in [1.29, 1.82) is 0 Å². The first-order valence-corrected chi connectivity index (χ1v) is 9.19. The summed E-state index contributed by atoms with van der Waals surface area (Å²) in [6.45, 7) is 2.06. The Balaban J connectivity index is 1.47. The highest BCUT2D eigenvalue weighted by Gasteiger charge is 2.16. The molecule has 0 radical (unpaired) electrons. The van der Waals surface area contributed by atoms with Crippen molar-refractivity contribution in [2.75, 3.05) is 0 Å². The first-order chi connectivity index (χ1) is 14.1. The molecule has 0 aliphatic carbocycles. The maximum Gasteiger partial charge on any atom is 0.274 e. The zero-order chi connectivity index (χ0) is 20.2. The highest BCUT2D eigenvalue weighted by molar-refractivity contribution is 5.77. The Bertz CT molecular complexity index is 1100. The molecule has 0 fully saturated rings. The maximum atomic E-state index is 13.1. The van der Waals surface area contributed by atoms with Gasteiger partial charge < -0.3 is 14.4 Å². The van der Waals surface area contributed by atoms with Gasteiger partial charge in [0.25, 0.3) is 5.89 Å². The lowest BCUT2D eigenvalue weighted by atomic mass is 10.1. The molecule has 146 valence electrons. The summed E-state index contributed by atoms with van der Waals surface area (Å²) in [5.41, 5.74) is 2.32. The fourth-order valence-corrected chi connectivity index (χ4v) is 3.06. The normalized spacial score (nSPS) is 11.9. The van der Waals surface area contributed by atoms with E-state index in [1.807, 2.05) is 43.3 Å². The lowest BCUT2D eigenvalue weighted by Gasteiger charge is -2.15. The fraction of sp³-hybridized carbons (Fsp3) is 0.136. The van der Waals surface area contributed by atoms with Gasteiger partial charge in [0.15, 0.2) is 0 Å². The highest BCUT2D eigenvalue weighted by Crippen LogP contribution is 2.23. The van der Waals surface area contributed by atoms with Gasteiger partial charge in [-0.25, -0.2) is 4.39 Å². The third kappa shape index (κ3) is 4.24. The zero-order valence-electron chi connectivity index (χ0n) is 15.7. The van der Waals surface area contributed by atoms with E-state index in [-0.39, 0.29) is 24.3 Å². The van der Waals surface area contributed by atoms with Crippen LogP contribution in [-0.2, 0) is 11.3 Å². The van der Waals surface area contributed by atoms with Crippen molar-refractivity contribution in [3.63, 3.8) is 0 Å². The minimum Gasteiger partial charge on any atom is -0.348 e. The maximum absolute atomic E-state index is 13.1. The first-order valence-electron chi connectivity index (χ1n) is 9.19. The molecule has 0 saturated carbocycles. The van der Waals surface area contributed by atoms with E-state index in [1.54, 1.807) is 29.0 Å². The van der Waals surface area contributed by atoms with E-state index in [1.165, 1.54) is 12.1 Å². The van der Waals surface area contributed by atoms with E-state index in [4.69, 9.17) is 4.52 Å². The van der Waals surface area contributed by atoms with E-state index in [0.29, 0.717) is 23.0 Å². The third-order valence-electron chi connectivity index (χ3n) is 4.57. The van der Waals surface area contributed by atoms with Crippen LogP contribution in [0.25, 0.3) is 23.0 Å². The van der Waals surface area contributed by atoms with Gasteiger partial charge in [0.2, 0.25) is 11.7 Å². The van der Waals surface area contributed by atoms with Crippen LogP contribution in [0.4, 0.5) is 4.39 Å². The highest BCUT2D eigenvalue weighted by atomic mass is 19.1. The molecule has 0 aliphatic heterocycles. The predicted molar refractivity (Wildman–Crippen MR) is 106 cm³/mol. The second kappa shape index (κ2) is 8.10. The van der Waals surface area contributed by atoms with Gasteiger partial charge >= 0.3 is 0 Å². The van der Waals surface area contributed by atoms with Crippen molar-refractivity contribution >= 4 is 5.91 Å². The molecular formula is C22H19FN4O2. The van der Waals surface area contributed by atoms with E-state index in [2.05, 4.69) is 15.5 Å². The second-order valence-electron chi connectivity index (χ2n) is 6.65. The lowest BCUT2D eigenvalue weighted by Crippen LogP contribution is -2.30. The molecule has 0 spiro atoms. The summed E-state index contributed by atoms with van der Waals surface area (Å²) in [6.07, 6.45) is 1.78. The SMILES string of the molecule is C[C@@H](NC(=O)Cn1cccc1-c1nc(-c2ccc(F)cc2)no1)c1ccccc1. The van der Waals surface area contributed by atoms with Crippen molar-refractivity contribution in [3.8, 4) is 23.0 Å². The molecule has 29 heavy (non-hydrogen) atoms. The molecule has 1 amide bonds. The summed E-state index contributed by atoms with van der Waals surface area (Å²) in [6, 6.07) is 19.1. The molecule has 1 atom stereocenters. The minimum absolute atomic E-state index is 0.101. The number of rotatable bonds is 6. The number of amides is 1. The van der Waals surface area contributed by atoms with Crippen LogP contribution < -0.4 is 5.32 Å². The van der Waals surface area contributed by atoms with Gasteiger partial charge in [-0.1, -0.05) is 35.5 Å². The lowest BCUT2D eigenvalue weighted by molar-refractivity contribution is -0.122. The molecule has 0 aliphatic rings. The van der Waals surface area contributed by atoms with Crippen LogP contribution in [-0.4, -0.2) is 20.6 Å². The van der Waals surface area contributed by atoms with Crippen LogP contribution in [0.3, 0.4) is 0 Å². The molecule has 2 aromatic carbocycles. The number of nitrogens with zero attached hydrogens (tertiary/aromatic N) is 3. The Labute approximate surface area is 167 Å². The minimum atomic E-state index is -0.331. The zero-order valence-corrected chi connectivity index (χ0v) is 15.7. The number of nitrogens with one attached hydrogen (secondary N) is 1. The third-order valence-corrected chi connectivity index (χ3v) is 4.57. The van der Waals surface area contributed by atoms with Crippen molar-refractivity contribution in [3.05, 3.63) is 84.3 Å². The second-order valence-corrected chi connectivity index (χ2v) is 6.65.